The first-order chi connectivity index (χ1) is 11.3. The molecule has 0 aliphatic carbocycles. The van der Waals surface area contributed by atoms with Gasteiger partial charge in [0.05, 0.1) is 0 Å². The molecule has 0 unspecified atom stereocenters. The summed E-state index contributed by atoms with van der Waals surface area (Å²) in [7, 11) is 0. The van der Waals surface area contributed by atoms with Gasteiger partial charge in [-0.1, -0.05) is 109 Å². The monoisotopic (exact) mass is 322 g/mol. The number of hydrogen-bond donors (Lipinski definition) is 1. The van der Waals surface area contributed by atoms with Gasteiger partial charge in [-0.05, 0) is 12.8 Å². The van der Waals surface area contributed by atoms with Gasteiger partial charge >= 0.3 is 5.97 Å². The number of rotatable bonds is 17. The van der Waals surface area contributed by atoms with Gasteiger partial charge in [0, 0.05) is 6.08 Å². The van der Waals surface area contributed by atoms with Gasteiger partial charge < -0.3 is 5.11 Å². The van der Waals surface area contributed by atoms with Crippen LogP contribution in [0.3, 0.4) is 0 Å². The Morgan fingerprint density at radius 1 is 0.696 bits per heavy atom. The average Bonchev–Trinajstić information content (AvgIpc) is 2.53. The van der Waals surface area contributed by atoms with E-state index in [1.54, 1.807) is 6.08 Å². The Hall–Kier alpha value is -1.05. The van der Waals surface area contributed by atoms with Crippen molar-refractivity contribution in [3.8, 4) is 0 Å². The summed E-state index contributed by atoms with van der Waals surface area (Å²) in [5.41, 5.74) is 0. The second-order valence-corrected chi connectivity index (χ2v) is 6.51. The molecule has 0 aromatic heterocycles. The second-order valence-electron chi connectivity index (χ2n) is 6.51. The topological polar surface area (TPSA) is 37.3 Å². The zero-order valence-corrected chi connectivity index (χ0v) is 15.3. The van der Waals surface area contributed by atoms with E-state index < -0.39 is 5.97 Å². The van der Waals surface area contributed by atoms with E-state index in [4.69, 9.17) is 5.11 Å². The molecule has 0 atom stereocenters. The molecule has 0 aliphatic rings. The Kier molecular flexibility index (Phi) is 18.1. The van der Waals surface area contributed by atoms with E-state index in [-0.39, 0.29) is 0 Å². The lowest BCUT2D eigenvalue weighted by Crippen LogP contribution is -1.84. The molecule has 0 rings (SSSR count). The third kappa shape index (κ3) is 21.0. The minimum atomic E-state index is -0.883. The fraction of sp³-hybridized carbons (Fsp3) is 0.762. The summed E-state index contributed by atoms with van der Waals surface area (Å²) in [5.74, 6) is -0.883. The standard InChI is InChI=1S/C21H38O2/c1-2-3-4-5-6-7-8-9-10-11-12-13-14-15-16-17-18-19-20-21(22)23/h17-20H,2-16H2,1H3,(H,22,23)/b18-17+,20-19+. The van der Waals surface area contributed by atoms with Crippen molar-refractivity contribution in [3.05, 3.63) is 24.3 Å². The van der Waals surface area contributed by atoms with Gasteiger partial charge in [0.1, 0.15) is 0 Å². The van der Waals surface area contributed by atoms with Crippen LogP contribution in [0.5, 0.6) is 0 Å². The Bertz CT molecular complexity index is 305. The van der Waals surface area contributed by atoms with Crippen molar-refractivity contribution in [1.82, 2.24) is 0 Å². The number of unbranched alkanes of at least 4 members (excludes halogenated alkanes) is 14. The van der Waals surface area contributed by atoms with Crippen molar-refractivity contribution in [2.45, 2.75) is 103 Å². The Labute approximate surface area is 144 Å². The van der Waals surface area contributed by atoms with Crippen molar-refractivity contribution >= 4 is 5.97 Å². The Morgan fingerprint density at radius 2 is 1.13 bits per heavy atom. The van der Waals surface area contributed by atoms with Gasteiger partial charge in [0.2, 0.25) is 0 Å². The van der Waals surface area contributed by atoms with Gasteiger partial charge in [-0.3, -0.25) is 0 Å². The van der Waals surface area contributed by atoms with Gasteiger partial charge in [-0.2, -0.15) is 0 Å². The molecule has 0 heterocycles. The highest BCUT2D eigenvalue weighted by Gasteiger charge is 1.93. The Morgan fingerprint density at radius 3 is 1.57 bits per heavy atom. The third-order valence-corrected chi connectivity index (χ3v) is 4.21. The van der Waals surface area contributed by atoms with E-state index >= 15 is 0 Å². The van der Waals surface area contributed by atoms with Crippen LogP contribution in [0.4, 0.5) is 0 Å². The summed E-state index contributed by atoms with van der Waals surface area (Å²) in [5, 5.41) is 8.43. The maximum absolute atomic E-state index is 10.3. The van der Waals surface area contributed by atoms with E-state index in [9.17, 15) is 4.79 Å². The highest BCUT2D eigenvalue weighted by atomic mass is 16.4. The highest BCUT2D eigenvalue weighted by molar-refractivity contribution is 5.80. The minimum absolute atomic E-state index is 0.883. The van der Waals surface area contributed by atoms with Gasteiger partial charge in [-0.15, -0.1) is 0 Å². The molecule has 0 aliphatic heterocycles. The molecule has 0 aromatic rings. The molecule has 0 aromatic carbocycles. The van der Waals surface area contributed by atoms with E-state index in [2.05, 4.69) is 13.0 Å². The number of aliphatic carboxylic acids is 1. The van der Waals surface area contributed by atoms with Gasteiger partial charge in [0.25, 0.3) is 0 Å². The summed E-state index contributed by atoms with van der Waals surface area (Å²) in [6.07, 6.45) is 27.1. The normalized spacial score (nSPS) is 11.7. The minimum Gasteiger partial charge on any atom is -0.478 e. The quantitative estimate of drug-likeness (QED) is 0.177. The maximum Gasteiger partial charge on any atom is 0.328 e. The van der Waals surface area contributed by atoms with Crippen LogP contribution in [0.15, 0.2) is 24.3 Å². The molecule has 2 heteroatoms. The number of hydrogen-bond acceptors (Lipinski definition) is 1. The van der Waals surface area contributed by atoms with E-state index in [0.717, 1.165) is 6.42 Å². The molecule has 0 amide bonds. The summed E-state index contributed by atoms with van der Waals surface area (Å²) in [6.45, 7) is 2.27. The molecule has 0 saturated carbocycles. The predicted molar refractivity (Wildman–Crippen MR) is 101 cm³/mol. The lowest BCUT2D eigenvalue weighted by molar-refractivity contribution is -0.131. The molecular weight excluding hydrogens is 284 g/mol. The summed E-state index contributed by atoms with van der Waals surface area (Å²) in [4.78, 5) is 10.3. The first-order valence-electron chi connectivity index (χ1n) is 9.83. The lowest BCUT2D eigenvalue weighted by Gasteiger charge is -2.02. The number of carboxylic acids is 1. The van der Waals surface area contributed by atoms with Crippen molar-refractivity contribution in [2.75, 3.05) is 0 Å². The molecule has 0 fully saturated rings. The number of carbonyl (C=O) groups is 1. The van der Waals surface area contributed by atoms with Crippen LogP contribution in [0, 0.1) is 0 Å². The largest absolute Gasteiger partial charge is 0.478 e. The maximum atomic E-state index is 10.3. The van der Waals surface area contributed by atoms with Crippen LogP contribution < -0.4 is 0 Å². The molecular formula is C21H38O2. The van der Waals surface area contributed by atoms with Crippen molar-refractivity contribution < 1.29 is 9.90 Å². The fourth-order valence-corrected chi connectivity index (χ4v) is 2.77. The van der Waals surface area contributed by atoms with Crippen LogP contribution in [0.2, 0.25) is 0 Å². The summed E-state index contributed by atoms with van der Waals surface area (Å²) in [6, 6.07) is 0. The number of carboxylic acid groups (broad SMARTS) is 1. The molecule has 0 bridgehead atoms. The molecule has 0 saturated heterocycles. The first kappa shape index (κ1) is 21.9. The zero-order chi connectivity index (χ0) is 17.0. The fourth-order valence-electron chi connectivity index (χ4n) is 2.77. The summed E-state index contributed by atoms with van der Waals surface area (Å²) >= 11 is 0. The molecule has 23 heavy (non-hydrogen) atoms. The molecule has 0 radical (unpaired) electrons. The van der Waals surface area contributed by atoms with Crippen LogP contribution in [-0.2, 0) is 4.79 Å². The van der Waals surface area contributed by atoms with Gasteiger partial charge in [-0.25, -0.2) is 4.79 Å². The third-order valence-electron chi connectivity index (χ3n) is 4.21. The van der Waals surface area contributed by atoms with Crippen molar-refractivity contribution in [2.24, 2.45) is 0 Å². The van der Waals surface area contributed by atoms with Crippen LogP contribution in [0.25, 0.3) is 0 Å². The zero-order valence-electron chi connectivity index (χ0n) is 15.3. The lowest BCUT2D eigenvalue weighted by atomic mass is 10.0. The van der Waals surface area contributed by atoms with Gasteiger partial charge in [0.15, 0.2) is 0 Å². The SMILES string of the molecule is CCCCCCCCCCCCCCCC/C=C/C=C/C(=O)O. The van der Waals surface area contributed by atoms with Crippen molar-refractivity contribution in [3.63, 3.8) is 0 Å². The van der Waals surface area contributed by atoms with E-state index in [0.29, 0.717) is 0 Å². The van der Waals surface area contributed by atoms with Crippen molar-refractivity contribution in [1.29, 1.82) is 0 Å². The van der Waals surface area contributed by atoms with Crippen LogP contribution in [-0.4, -0.2) is 11.1 Å². The predicted octanol–water partition coefficient (Wildman–Crippen LogP) is 7.05. The molecule has 2 nitrogen and oxygen atoms in total. The number of allylic oxidation sites excluding steroid dienone is 3. The van der Waals surface area contributed by atoms with E-state index in [1.807, 2.05) is 6.08 Å². The van der Waals surface area contributed by atoms with Crippen LogP contribution in [0.1, 0.15) is 103 Å². The summed E-state index contributed by atoms with van der Waals surface area (Å²) < 4.78 is 0. The second kappa shape index (κ2) is 19.0. The smallest absolute Gasteiger partial charge is 0.328 e. The van der Waals surface area contributed by atoms with Crippen LogP contribution >= 0.6 is 0 Å². The average molecular weight is 323 g/mol. The highest BCUT2D eigenvalue weighted by Crippen LogP contribution is 2.13. The van der Waals surface area contributed by atoms with E-state index in [1.165, 1.54) is 96.0 Å². The Balaban J connectivity index is 3.09. The molecule has 0 spiro atoms. The molecule has 1 N–H and O–H groups in total. The molecule has 134 valence electrons. The first-order valence-corrected chi connectivity index (χ1v) is 9.83.